The predicted octanol–water partition coefficient (Wildman–Crippen LogP) is 2.39. The summed E-state index contributed by atoms with van der Waals surface area (Å²) in [6.07, 6.45) is 6.01. The van der Waals surface area contributed by atoms with Gasteiger partial charge in [0.1, 0.15) is 0 Å². The normalized spacial score (nSPS) is 26.1. The monoisotopic (exact) mass is 226 g/mol. The van der Waals surface area contributed by atoms with Crippen molar-refractivity contribution in [3.63, 3.8) is 0 Å². The molecule has 0 aromatic rings. The van der Waals surface area contributed by atoms with E-state index in [9.17, 15) is 4.79 Å². The number of rotatable bonds is 4. The Labute approximate surface area is 97.5 Å². The third kappa shape index (κ3) is 1.75. The summed E-state index contributed by atoms with van der Waals surface area (Å²) in [6, 6.07) is 0. The SMILES string of the molecule is CCC(C(=O)OC)C1(C2CCCC2)COC1. The Morgan fingerprint density at radius 2 is 2.06 bits per heavy atom. The number of hydrogen-bond donors (Lipinski definition) is 0. The number of carbonyl (C=O) groups is 1. The van der Waals surface area contributed by atoms with Crippen LogP contribution in [0.1, 0.15) is 39.0 Å². The highest BCUT2D eigenvalue weighted by molar-refractivity contribution is 5.73. The van der Waals surface area contributed by atoms with Crippen LogP contribution in [0.2, 0.25) is 0 Å². The Kier molecular flexibility index (Phi) is 3.53. The molecule has 0 amide bonds. The Bertz CT molecular complexity index is 252. The number of methoxy groups -OCH3 is 1. The molecule has 1 unspecified atom stereocenters. The molecule has 1 aliphatic heterocycles. The summed E-state index contributed by atoms with van der Waals surface area (Å²) in [5, 5.41) is 0. The van der Waals surface area contributed by atoms with Crippen molar-refractivity contribution in [2.45, 2.75) is 39.0 Å². The predicted molar refractivity (Wildman–Crippen MR) is 61.0 cm³/mol. The summed E-state index contributed by atoms with van der Waals surface area (Å²) < 4.78 is 10.4. The van der Waals surface area contributed by atoms with E-state index in [1.807, 2.05) is 0 Å². The number of carbonyl (C=O) groups excluding carboxylic acids is 1. The molecule has 92 valence electrons. The molecule has 0 aromatic carbocycles. The van der Waals surface area contributed by atoms with Crippen molar-refractivity contribution in [3.05, 3.63) is 0 Å². The molecule has 1 saturated heterocycles. The zero-order chi connectivity index (χ0) is 11.6. The molecule has 1 heterocycles. The highest BCUT2D eigenvalue weighted by Gasteiger charge is 2.53. The largest absolute Gasteiger partial charge is 0.469 e. The summed E-state index contributed by atoms with van der Waals surface area (Å²) >= 11 is 0. The third-order valence-corrected chi connectivity index (χ3v) is 4.50. The number of esters is 1. The van der Waals surface area contributed by atoms with E-state index in [4.69, 9.17) is 9.47 Å². The zero-order valence-corrected chi connectivity index (χ0v) is 10.3. The van der Waals surface area contributed by atoms with Crippen LogP contribution < -0.4 is 0 Å². The molecule has 3 nitrogen and oxygen atoms in total. The van der Waals surface area contributed by atoms with Gasteiger partial charge in [0.25, 0.3) is 0 Å². The fraction of sp³-hybridized carbons (Fsp3) is 0.923. The van der Waals surface area contributed by atoms with Gasteiger partial charge in [0.15, 0.2) is 0 Å². The van der Waals surface area contributed by atoms with Crippen LogP contribution in [0.15, 0.2) is 0 Å². The third-order valence-electron chi connectivity index (χ3n) is 4.50. The molecule has 3 heteroatoms. The van der Waals surface area contributed by atoms with Gasteiger partial charge in [-0.1, -0.05) is 19.8 Å². The first kappa shape index (κ1) is 11.9. The average Bonchev–Trinajstić information content (AvgIpc) is 2.75. The van der Waals surface area contributed by atoms with Gasteiger partial charge in [0, 0.05) is 5.41 Å². The van der Waals surface area contributed by atoms with Crippen LogP contribution in [0.5, 0.6) is 0 Å². The molecule has 1 aliphatic carbocycles. The highest BCUT2D eigenvalue weighted by atomic mass is 16.5. The number of hydrogen-bond acceptors (Lipinski definition) is 3. The van der Waals surface area contributed by atoms with E-state index in [0.717, 1.165) is 19.6 Å². The minimum Gasteiger partial charge on any atom is -0.469 e. The van der Waals surface area contributed by atoms with Gasteiger partial charge in [-0.05, 0) is 25.2 Å². The number of ether oxygens (including phenoxy) is 2. The molecule has 1 saturated carbocycles. The van der Waals surface area contributed by atoms with Crippen LogP contribution in [0.3, 0.4) is 0 Å². The van der Waals surface area contributed by atoms with Crippen LogP contribution in [0.25, 0.3) is 0 Å². The Balaban J connectivity index is 2.14. The van der Waals surface area contributed by atoms with Crippen molar-refractivity contribution in [2.75, 3.05) is 20.3 Å². The van der Waals surface area contributed by atoms with Gasteiger partial charge < -0.3 is 9.47 Å². The first-order valence-corrected chi connectivity index (χ1v) is 6.40. The zero-order valence-electron chi connectivity index (χ0n) is 10.3. The van der Waals surface area contributed by atoms with Gasteiger partial charge in [-0.15, -0.1) is 0 Å². The highest BCUT2D eigenvalue weighted by Crippen LogP contribution is 2.51. The molecule has 16 heavy (non-hydrogen) atoms. The molecule has 0 radical (unpaired) electrons. The summed E-state index contributed by atoms with van der Waals surface area (Å²) in [5.74, 6) is 0.664. The van der Waals surface area contributed by atoms with Gasteiger partial charge >= 0.3 is 5.97 Å². The van der Waals surface area contributed by atoms with Gasteiger partial charge in [0.05, 0.1) is 26.2 Å². The molecule has 2 aliphatic rings. The van der Waals surface area contributed by atoms with Crippen LogP contribution in [-0.2, 0) is 14.3 Å². The van der Waals surface area contributed by atoms with Crippen LogP contribution in [0.4, 0.5) is 0 Å². The second-order valence-corrected chi connectivity index (χ2v) is 5.19. The minimum absolute atomic E-state index is 0.0364. The summed E-state index contributed by atoms with van der Waals surface area (Å²) in [4.78, 5) is 11.9. The van der Waals surface area contributed by atoms with Crippen molar-refractivity contribution >= 4 is 5.97 Å². The van der Waals surface area contributed by atoms with Gasteiger partial charge in [-0.2, -0.15) is 0 Å². The lowest BCUT2D eigenvalue weighted by molar-refractivity contribution is -0.195. The maximum Gasteiger partial charge on any atom is 0.309 e. The van der Waals surface area contributed by atoms with E-state index in [1.54, 1.807) is 0 Å². The van der Waals surface area contributed by atoms with Gasteiger partial charge in [-0.3, -0.25) is 4.79 Å². The van der Waals surface area contributed by atoms with E-state index >= 15 is 0 Å². The van der Waals surface area contributed by atoms with Gasteiger partial charge in [-0.25, -0.2) is 0 Å². The first-order chi connectivity index (χ1) is 7.74. The van der Waals surface area contributed by atoms with Crippen LogP contribution in [0, 0.1) is 17.3 Å². The average molecular weight is 226 g/mol. The molecule has 0 aromatic heterocycles. The lowest BCUT2D eigenvalue weighted by atomic mass is 9.63. The quantitative estimate of drug-likeness (QED) is 0.690. The summed E-state index contributed by atoms with van der Waals surface area (Å²) in [5.41, 5.74) is 0.0956. The van der Waals surface area contributed by atoms with E-state index in [1.165, 1.54) is 32.8 Å². The van der Waals surface area contributed by atoms with Gasteiger partial charge in [0.2, 0.25) is 0 Å². The second-order valence-electron chi connectivity index (χ2n) is 5.19. The molecule has 0 spiro atoms. The second kappa shape index (κ2) is 4.74. The molecule has 1 atom stereocenters. The summed E-state index contributed by atoms with van der Waals surface area (Å²) in [7, 11) is 1.49. The molecule has 0 N–H and O–H groups in total. The molecule has 0 bridgehead atoms. The maximum atomic E-state index is 11.9. The fourth-order valence-electron chi connectivity index (χ4n) is 3.51. The Morgan fingerprint density at radius 3 is 2.44 bits per heavy atom. The standard InChI is InChI=1S/C13H22O3/c1-3-11(12(14)15-2)13(8-16-9-13)10-6-4-5-7-10/h10-11H,3-9H2,1-2H3. The Hall–Kier alpha value is -0.570. The van der Waals surface area contributed by atoms with Crippen molar-refractivity contribution in [2.24, 2.45) is 17.3 Å². The molecule has 2 rings (SSSR count). The lowest BCUT2D eigenvalue weighted by Crippen LogP contribution is -2.55. The molecule has 2 fully saturated rings. The molecular formula is C13H22O3. The molecular weight excluding hydrogens is 204 g/mol. The summed E-state index contributed by atoms with van der Waals surface area (Å²) in [6.45, 7) is 3.59. The van der Waals surface area contributed by atoms with Crippen LogP contribution in [-0.4, -0.2) is 26.3 Å². The Morgan fingerprint density at radius 1 is 1.44 bits per heavy atom. The topological polar surface area (TPSA) is 35.5 Å². The van der Waals surface area contributed by atoms with E-state index in [0.29, 0.717) is 5.92 Å². The smallest absolute Gasteiger partial charge is 0.309 e. The lowest BCUT2D eigenvalue weighted by Gasteiger charge is -2.50. The van der Waals surface area contributed by atoms with Crippen molar-refractivity contribution in [1.29, 1.82) is 0 Å². The first-order valence-electron chi connectivity index (χ1n) is 6.40. The van der Waals surface area contributed by atoms with Crippen molar-refractivity contribution in [1.82, 2.24) is 0 Å². The fourth-order valence-corrected chi connectivity index (χ4v) is 3.51. The minimum atomic E-state index is -0.0438. The van der Waals surface area contributed by atoms with E-state index < -0.39 is 0 Å². The van der Waals surface area contributed by atoms with E-state index in [-0.39, 0.29) is 17.3 Å². The van der Waals surface area contributed by atoms with Crippen LogP contribution >= 0.6 is 0 Å². The van der Waals surface area contributed by atoms with Crippen molar-refractivity contribution in [3.8, 4) is 0 Å². The maximum absolute atomic E-state index is 11.9. The van der Waals surface area contributed by atoms with E-state index in [2.05, 4.69) is 6.92 Å². The van der Waals surface area contributed by atoms with Crippen molar-refractivity contribution < 1.29 is 14.3 Å².